The zero-order chi connectivity index (χ0) is 23.6. The summed E-state index contributed by atoms with van der Waals surface area (Å²) in [6.07, 6.45) is 5.48. The monoisotopic (exact) mass is 467 g/mol. The summed E-state index contributed by atoms with van der Waals surface area (Å²) in [5.41, 5.74) is 4.45. The first-order valence-corrected chi connectivity index (χ1v) is 11.7. The lowest BCUT2D eigenvalue weighted by atomic mass is 10.1. The average Bonchev–Trinajstić information content (AvgIpc) is 3.57. The molecule has 0 N–H and O–H groups in total. The van der Waals surface area contributed by atoms with Crippen molar-refractivity contribution in [2.45, 2.75) is 6.92 Å². The highest BCUT2D eigenvalue weighted by Crippen LogP contribution is 2.27. The van der Waals surface area contributed by atoms with E-state index in [9.17, 15) is 0 Å². The van der Waals surface area contributed by atoms with Crippen molar-refractivity contribution in [1.82, 2.24) is 29.4 Å². The Kier molecular flexibility index (Phi) is 5.59. The molecular weight excluding hydrogens is 442 g/mol. The van der Waals surface area contributed by atoms with E-state index in [0.717, 1.165) is 58.6 Å². The lowest BCUT2D eigenvalue weighted by Crippen LogP contribution is -2.37. The van der Waals surface area contributed by atoms with E-state index < -0.39 is 0 Å². The van der Waals surface area contributed by atoms with Crippen LogP contribution in [0.4, 0.5) is 5.82 Å². The van der Waals surface area contributed by atoms with Crippen LogP contribution in [0.1, 0.15) is 6.92 Å². The van der Waals surface area contributed by atoms with Gasteiger partial charge in [0, 0.05) is 54.9 Å². The van der Waals surface area contributed by atoms with E-state index in [-0.39, 0.29) is 0 Å². The molecule has 1 aliphatic rings. The molecule has 0 spiro atoms. The Labute approximate surface area is 202 Å². The van der Waals surface area contributed by atoms with Crippen molar-refractivity contribution >= 4 is 11.5 Å². The Morgan fingerprint density at radius 1 is 0.914 bits per heavy atom. The maximum atomic E-state index is 5.65. The third-order valence-electron chi connectivity index (χ3n) is 5.97. The minimum absolute atomic E-state index is 0.624. The maximum Gasteiger partial charge on any atom is 0.160 e. The van der Waals surface area contributed by atoms with Crippen LogP contribution >= 0.6 is 0 Å². The van der Waals surface area contributed by atoms with E-state index in [1.54, 1.807) is 12.4 Å². The fourth-order valence-electron chi connectivity index (χ4n) is 4.26. The minimum atomic E-state index is 0.624. The molecule has 5 heterocycles. The molecule has 9 nitrogen and oxygen atoms in total. The molecule has 1 aliphatic heterocycles. The normalized spacial score (nSPS) is 13.9. The molecule has 0 amide bonds. The third-order valence-corrected chi connectivity index (χ3v) is 5.97. The molecule has 4 aromatic heterocycles. The molecule has 0 aliphatic carbocycles. The van der Waals surface area contributed by atoms with Gasteiger partial charge in [-0.05, 0) is 37.3 Å². The number of morpholine rings is 1. The van der Waals surface area contributed by atoms with E-state index >= 15 is 0 Å². The molecular formula is C26H25N7O2. The van der Waals surface area contributed by atoms with Crippen LogP contribution in [-0.4, -0.2) is 62.3 Å². The van der Waals surface area contributed by atoms with Gasteiger partial charge in [-0.1, -0.05) is 12.1 Å². The summed E-state index contributed by atoms with van der Waals surface area (Å²) in [4.78, 5) is 11.3. The maximum absolute atomic E-state index is 5.65. The van der Waals surface area contributed by atoms with E-state index in [4.69, 9.17) is 24.7 Å². The van der Waals surface area contributed by atoms with Crippen molar-refractivity contribution in [3.05, 3.63) is 73.2 Å². The highest BCUT2D eigenvalue weighted by Gasteiger charge is 2.19. The number of rotatable bonds is 6. The van der Waals surface area contributed by atoms with Crippen molar-refractivity contribution < 1.29 is 9.47 Å². The van der Waals surface area contributed by atoms with Gasteiger partial charge in [-0.3, -0.25) is 4.98 Å². The number of nitrogens with zero attached hydrogens (tertiary/aromatic N) is 7. The first-order chi connectivity index (χ1) is 17.3. The fourth-order valence-corrected chi connectivity index (χ4v) is 4.26. The van der Waals surface area contributed by atoms with Crippen molar-refractivity contribution in [2.75, 3.05) is 37.8 Å². The Hall–Kier alpha value is -4.24. The zero-order valence-electron chi connectivity index (χ0n) is 19.4. The zero-order valence-corrected chi connectivity index (χ0v) is 19.4. The van der Waals surface area contributed by atoms with Crippen LogP contribution in [0, 0.1) is 0 Å². The second-order valence-corrected chi connectivity index (χ2v) is 8.21. The van der Waals surface area contributed by atoms with Crippen LogP contribution in [0.3, 0.4) is 0 Å². The van der Waals surface area contributed by atoms with Crippen LogP contribution in [0.5, 0.6) is 5.75 Å². The summed E-state index contributed by atoms with van der Waals surface area (Å²) in [5.74, 6) is 2.52. The molecule has 0 bridgehead atoms. The molecule has 0 unspecified atom stereocenters. The second kappa shape index (κ2) is 9.19. The van der Waals surface area contributed by atoms with Crippen molar-refractivity contribution in [1.29, 1.82) is 0 Å². The molecule has 0 radical (unpaired) electrons. The third kappa shape index (κ3) is 4.22. The molecule has 1 aromatic carbocycles. The van der Waals surface area contributed by atoms with Crippen LogP contribution in [0.25, 0.3) is 34.0 Å². The number of aromatic nitrogens is 6. The fraction of sp³-hybridized carbons (Fsp3) is 0.231. The number of hydrogen-bond donors (Lipinski definition) is 0. The summed E-state index contributed by atoms with van der Waals surface area (Å²) in [6.45, 7) is 5.54. The number of hydrogen-bond acceptors (Lipinski definition) is 7. The molecule has 5 aromatic rings. The average molecular weight is 468 g/mol. The molecule has 35 heavy (non-hydrogen) atoms. The topological polar surface area (TPSA) is 82.6 Å². The van der Waals surface area contributed by atoms with Crippen molar-refractivity contribution in [2.24, 2.45) is 0 Å². The van der Waals surface area contributed by atoms with Crippen molar-refractivity contribution in [3.63, 3.8) is 0 Å². The van der Waals surface area contributed by atoms with Crippen LogP contribution in [0.2, 0.25) is 0 Å². The van der Waals surface area contributed by atoms with Gasteiger partial charge in [0.05, 0.1) is 31.2 Å². The van der Waals surface area contributed by atoms with E-state index in [1.165, 1.54) is 0 Å². The smallest absolute Gasteiger partial charge is 0.160 e. The lowest BCUT2D eigenvalue weighted by Gasteiger charge is -2.29. The van der Waals surface area contributed by atoms with Gasteiger partial charge in [-0.2, -0.15) is 14.7 Å². The summed E-state index contributed by atoms with van der Waals surface area (Å²) < 4.78 is 14.9. The van der Waals surface area contributed by atoms with Gasteiger partial charge in [0.25, 0.3) is 0 Å². The van der Waals surface area contributed by atoms with Gasteiger partial charge in [0.15, 0.2) is 11.5 Å². The number of anilines is 1. The summed E-state index contributed by atoms with van der Waals surface area (Å²) in [6, 6.07) is 17.9. The molecule has 1 saturated heterocycles. The van der Waals surface area contributed by atoms with Crippen LogP contribution in [-0.2, 0) is 4.74 Å². The molecule has 6 rings (SSSR count). The van der Waals surface area contributed by atoms with E-state index in [2.05, 4.69) is 9.88 Å². The number of fused-ring (bicyclic) bond motifs is 1. The van der Waals surface area contributed by atoms with Crippen molar-refractivity contribution in [3.8, 4) is 34.1 Å². The predicted octanol–water partition coefficient (Wildman–Crippen LogP) is 3.88. The Morgan fingerprint density at radius 3 is 2.60 bits per heavy atom. The quantitative estimate of drug-likeness (QED) is 0.375. The van der Waals surface area contributed by atoms with Gasteiger partial charge in [-0.25, -0.2) is 9.67 Å². The van der Waals surface area contributed by atoms with Gasteiger partial charge in [0.2, 0.25) is 0 Å². The highest BCUT2D eigenvalue weighted by atomic mass is 16.5. The standard InChI is InChI=1S/C26H25N7O2/c1-2-35-21-5-3-4-20(16-21)22-8-11-32(29-22)24-18-26(31-12-14-34-15-13-31)33-25(28-24)17-23(30-33)19-6-9-27-10-7-19/h3-11,16-18H,2,12-15H2,1H3. The first kappa shape index (κ1) is 21.3. The Balaban J connectivity index is 1.43. The van der Waals surface area contributed by atoms with Crippen LogP contribution < -0.4 is 9.64 Å². The SMILES string of the molecule is CCOc1cccc(-c2ccn(-c3cc(N4CCOCC4)n4nc(-c5ccncc5)cc4n3)n2)c1. The lowest BCUT2D eigenvalue weighted by molar-refractivity contribution is 0.122. The highest BCUT2D eigenvalue weighted by molar-refractivity contribution is 5.67. The molecule has 9 heteroatoms. The molecule has 0 saturated carbocycles. The number of ether oxygens (including phenoxy) is 2. The second-order valence-electron chi connectivity index (χ2n) is 8.21. The molecule has 0 atom stereocenters. The minimum Gasteiger partial charge on any atom is -0.494 e. The van der Waals surface area contributed by atoms with E-state index in [0.29, 0.717) is 19.8 Å². The Bertz CT molecular complexity index is 1460. The summed E-state index contributed by atoms with van der Waals surface area (Å²) in [5, 5.41) is 9.70. The predicted molar refractivity (Wildman–Crippen MR) is 133 cm³/mol. The first-order valence-electron chi connectivity index (χ1n) is 11.7. The molecule has 1 fully saturated rings. The summed E-state index contributed by atoms with van der Waals surface area (Å²) >= 11 is 0. The van der Waals surface area contributed by atoms with Crippen LogP contribution in [0.15, 0.2) is 73.2 Å². The largest absolute Gasteiger partial charge is 0.494 e. The summed E-state index contributed by atoms with van der Waals surface area (Å²) in [7, 11) is 0. The van der Waals surface area contributed by atoms with Gasteiger partial charge < -0.3 is 14.4 Å². The number of benzene rings is 1. The van der Waals surface area contributed by atoms with E-state index in [1.807, 2.05) is 76.9 Å². The Morgan fingerprint density at radius 2 is 1.77 bits per heavy atom. The number of pyridine rings is 1. The van der Waals surface area contributed by atoms with Gasteiger partial charge >= 0.3 is 0 Å². The van der Waals surface area contributed by atoms with Gasteiger partial charge in [-0.15, -0.1) is 0 Å². The molecule has 176 valence electrons. The van der Waals surface area contributed by atoms with Gasteiger partial charge in [0.1, 0.15) is 11.6 Å².